The first kappa shape index (κ1) is 26.4. The van der Waals surface area contributed by atoms with Crippen LogP contribution < -0.4 is 0 Å². The van der Waals surface area contributed by atoms with E-state index in [0.717, 1.165) is 44.2 Å². The van der Waals surface area contributed by atoms with Crippen LogP contribution in [0.5, 0.6) is 0 Å². The number of fused-ring (bicyclic) bond motifs is 6. The number of rotatable bonds is 4. The minimum Gasteiger partial charge on any atom is -0.309 e. The number of benzene rings is 4. The summed E-state index contributed by atoms with van der Waals surface area (Å²) >= 11 is 0. The normalized spacial score (nSPS) is 13.2. The van der Waals surface area contributed by atoms with Crippen molar-refractivity contribution in [3.05, 3.63) is 145 Å². The maximum Gasteiger partial charge on any atom is 0.164 e. The second kappa shape index (κ2) is 10.0. The highest BCUT2D eigenvalue weighted by Crippen LogP contribution is 2.51. The number of aromatic nitrogens is 6. The molecule has 6 heteroatoms. The summed E-state index contributed by atoms with van der Waals surface area (Å²) in [6, 6.07) is 37.8. The Labute approximate surface area is 266 Å². The predicted octanol–water partition coefficient (Wildman–Crippen LogP) is 9.07. The summed E-state index contributed by atoms with van der Waals surface area (Å²) in [5.74, 6) is 1.96. The van der Waals surface area contributed by atoms with Crippen LogP contribution in [0.25, 0.3) is 72.8 Å². The molecule has 1 aliphatic carbocycles. The van der Waals surface area contributed by atoms with E-state index in [1.54, 1.807) is 0 Å². The molecule has 0 spiro atoms. The minimum atomic E-state index is -0.197. The molecular formula is C40H28N6. The summed E-state index contributed by atoms with van der Waals surface area (Å²) in [4.78, 5) is 24.0. The molecule has 6 nitrogen and oxygen atoms in total. The fourth-order valence-corrected chi connectivity index (χ4v) is 7.12. The van der Waals surface area contributed by atoms with Gasteiger partial charge >= 0.3 is 0 Å². The third-order valence-corrected chi connectivity index (χ3v) is 9.24. The molecule has 1 aliphatic rings. The number of pyridine rings is 2. The van der Waals surface area contributed by atoms with Crippen molar-refractivity contribution in [3.63, 3.8) is 0 Å². The standard InChI is InChI=1S/C40H28N6/c1-40(2)33-14-7-6-11-28(33)29-12-8-13-30(36(29)40)39-44-37(25-9-4-3-5-10-25)43-38(45-39)26-15-17-27(18-16-26)46-34-19-21-41-23-31(34)32-24-42-22-20-35(32)46/h3-24H,1-2H3. The van der Waals surface area contributed by atoms with Crippen LogP contribution in [0.2, 0.25) is 0 Å². The van der Waals surface area contributed by atoms with Gasteiger partial charge in [-0.25, -0.2) is 15.0 Å². The third kappa shape index (κ3) is 3.93. The van der Waals surface area contributed by atoms with Gasteiger partial charge in [-0.3, -0.25) is 9.97 Å². The summed E-state index contributed by atoms with van der Waals surface area (Å²) < 4.78 is 2.25. The van der Waals surface area contributed by atoms with Crippen LogP contribution in [0.3, 0.4) is 0 Å². The summed E-state index contributed by atoms with van der Waals surface area (Å²) in [5, 5.41) is 2.15. The minimum absolute atomic E-state index is 0.197. The molecule has 0 saturated carbocycles. The maximum atomic E-state index is 5.15. The van der Waals surface area contributed by atoms with Crippen LogP contribution in [-0.2, 0) is 5.41 Å². The summed E-state index contributed by atoms with van der Waals surface area (Å²) in [6.07, 6.45) is 7.47. The topological polar surface area (TPSA) is 69.4 Å². The fraction of sp³-hybridized carbons (Fsp3) is 0.0750. The highest BCUT2D eigenvalue weighted by Gasteiger charge is 2.38. The van der Waals surface area contributed by atoms with Gasteiger partial charge in [0.1, 0.15) is 0 Å². The van der Waals surface area contributed by atoms with Gasteiger partial charge in [0, 0.05) is 63.4 Å². The quantitative estimate of drug-likeness (QED) is 0.204. The number of hydrogen-bond acceptors (Lipinski definition) is 5. The monoisotopic (exact) mass is 592 g/mol. The number of nitrogens with zero attached hydrogens (tertiary/aromatic N) is 6. The van der Waals surface area contributed by atoms with Crippen molar-refractivity contribution < 1.29 is 0 Å². The Bertz CT molecular complexity index is 2390. The first-order valence-electron chi connectivity index (χ1n) is 15.4. The lowest BCUT2D eigenvalue weighted by molar-refractivity contribution is 0.661. The van der Waals surface area contributed by atoms with Gasteiger partial charge in [-0.05, 0) is 58.7 Å². The van der Waals surface area contributed by atoms with Crippen molar-refractivity contribution in [2.45, 2.75) is 19.3 Å². The molecule has 46 heavy (non-hydrogen) atoms. The van der Waals surface area contributed by atoms with Crippen LogP contribution in [0.4, 0.5) is 0 Å². The molecular weight excluding hydrogens is 564 g/mol. The van der Waals surface area contributed by atoms with Gasteiger partial charge in [0.05, 0.1) is 11.0 Å². The molecule has 9 rings (SSSR count). The smallest absolute Gasteiger partial charge is 0.164 e. The molecule has 218 valence electrons. The first-order valence-corrected chi connectivity index (χ1v) is 15.4. The first-order chi connectivity index (χ1) is 22.6. The van der Waals surface area contributed by atoms with Crippen molar-refractivity contribution in [3.8, 4) is 51.0 Å². The molecule has 0 saturated heterocycles. The largest absolute Gasteiger partial charge is 0.309 e. The van der Waals surface area contributed by atoms with Crippen molar-refractivity contribution >= 4 is 21.8 Å². The predicted molar refractivity (Wildman–Crippen MR) is 184 cm³/mol. The zero-order valence-corrected chi connectivity index (χ0v) is 25.4. The molecule has 0 radical (unpaired) electrons. The Kier molecular flexibility index (Phi) is 5.74. The van der Waals surface area contributed by atoms with Crippen LogP contribution in [0, 0.1) is 0 Å². The second-order valence-corrected chi connectivity index (χ2v) is 12.2. The van der Waals surface area contributed by atoms with Crippen LogP contribution in [0.15, 0.2) is 134 Å². The highest BCUT2D eigenvalue weighted by atomic mass is 15.0. The van der Waals surface area contributed by atoms with Crippen LogP contribution in [-0.4, -0.2) is 29.5 Å². The van der Waals surface area contributed by atoms with E-state index < -0.39 is 0 Å². The van der Waals surface area contributed by atoms with Crippen molar-refractivity contribution in [2.24, 2.45) is 0 Å². The van der Waals surface area contributed by atoms with Crippen molar-refractivity contribution in [1.29, 1.82) is 0 Å². The molecule has 4 aromatic heterocycles. The molecule has 4 aromatic carbocycles. The fourth-order valence-electron chi connectivity index (χ4n) is 7.12. The Morgan fingerprint density at radius 3 is 1.76 bits per heavy atom. The zero-order chi connectivity index (χ0) is 30.8. The third-order valence-electron chi connectivity index (χ3n) is 9.24. The number of hydrogen-bond donors (Lipinski definition) is 0. The van der Waals surface area contributed by atoms with E-state index in [-0.39, 0.29) is 5.41 Å². The van der Waals surface area contributed by atoms with E-state index in [1.807, 2.05) is 67.3 Å². The van der Waals surface area contributed by atoms with Gasteiger partial charge in [-0.2, -0.15) is 0 Å². The molecule has 0 amide bonds. The lowest BCUT2D eigenvalue weighted by Crippen LogP contribution is -2.17. The summed E-state index contributed by atoms with van der Waals surface area (Å²) in [7, 11) is 0. The summed E-state index contributed by atoms with van der Waals surface area (Å²) in [6.45, 7) is 4.59. The average Bonchev–Trinajstić information content (AvgIpc) is 3.57. The van der Waals surface area contributed by atoms with E-state index in [9.17, 15) is 0 Å². The Hall–Kier alpha value is -6.01. The van der Waals surface area contributed by atoms with Crippen LogP contribution >= 0.6 is 0 Å². The SMILES string of the molecule is CC1(C)c2ccccc2-c2cccc(-c3nc(-c4ccccc4)nc(-c4ccc(-n5c6ccncc6c6cnccc65)cc4)n3)c21. The van der Waals surface area contributed by atoms with Crippen molar-refractivity contribution in [1.82, 2.24) is 29.5 Å². The van der Waals surface area contributed by atoms with Crippen molar-refractivity contribution in [2.75, 3.05) is 0 Å². The van der Waals surface area contributed by atoms with Gasteiger partial charge in [0.25, 0.3) is 0 Å². The van der Waals surface area contributed by atoms with E-state index in [2.05, 4.69) is 95.1 Å². The van der Waals surface area contributed by atoms with Gasteiger partial charge in [-0.15, -0.1) is 0 Å². The molecule has 0 unspecified atom stereocenters. The molecule has 0 atom stereocenters. The Morgan fingerprint density at radius 1 is 0.500 bits per heavy atom. The zero-order valence-electron chi connectivity index (χ0n) is 25.4. The molecule has 0 aliphatic heterocycles. The lowest BCUT2D eigenvalue weighted by Gasteiger charge is -2.24. The van der Waals surface area contributed by atoms with E-state index in [0.29, 0.717) is 17.5 Å². The van der Waals surface area contributed by atoms with Crippen LogP contribution in [0.1, 0.15) is 25.0 Å². The highest BCUT2D eigenvalue weighted by molar-refractivity contribution is 6.08. The maximum absolute atomic E-state index is 5.15. The Morgan fingerprint density at radius 2 is 1.07 bits per heavy atom. The second-order valence-electron chi connectivity index (χ2n) is 12.2. The average molecular weight is 593 g/mol. The molecule has 0 bridgehead atoms. The van der Waals surface area contributed by atoms with Gasteiger partial charge in [-0.1, -0.05) is 86.6 Å². The molecule has 4 heterocycles. The summed E-state index contributed by atoms with van der Waals surface area (Å²) in [5.41, 5.74) is 11.0. The van der Waals surface area contributed by atoms with Gasteiger partial charge in [0.15, 0.2) is 17.5 Å². The van der Waals surface area contributed by atoms with E-state index in [4.69, 9.17) is 15.0 Å². The lowest BCUT2D eigenvalue weighted by atomic mass is 9.80. The Balaban J connectivity index is 1.21. The molecule has 0 N–H and O–H groups in total. The van der Waals surface area contributed by atoms with Gasteiger partial charge in [0.2, 0.25) is 0 Å². The van der Waals surface area contributed by atoms with Gasteiger partial charge < -0.3 is 4.57 Å². The van der Waals surface area contributed by atoms with E-state index >= 15 is 0 Å². The van der Waals surface area contributed by atoms with E-state index in [1.165, 1.54) is 22.3 Å². The molecule has 0 fully saturated rings. The molecule has 8 aromatic rings.